The number of thiazole rings is 1. The average molecular weight is 385 g/mol. The SMILES string of the molecule is CCCc1nc(C(=O)N2CCN3C(=O)OCC3(Cc3ccccc3)C2)cs1. The monoisotopic (exact) mass is 385 g/mol. The lowest BCUT2D eigenvalue weighted by Gasteiger charge is -2.44. The van der Waals surface area contributed by atoms with Gasteiger partial charge in [0.15, 0.2) is 0 Å². The largest absolute Gasteiger partial charge is 0.447 e. The van der Waals surface area contributed by atoms with Crippen molar-refractivity contribution in [3.63, 3.8) is 0 Å². The van der Waals surface area contributed by atoms with Gasteiger partial charge < -0.3 is 9.64 Å². The van der Waals surface area contributed by atoms with Crippen molar-refractivity contribution in [2.24, 2.45) is 0 Å². The Bertz CT molecular complexity index is 838. The maximum atomic E-state index is 13.0. The number of aryl methyl sites for hydroxylation is 1. The summed E-state index contributed by atoms with van der Waals surface area (Å²) >= 11 is 1.54. The van der Waals surface area contributed by atoms with Crippen LogP contribution in [0.15, 0.2) is 35.7 Å². The lowest BCUT2D eigenvalue weighted by atomic mass is 9.88. The fraction of sp³-hybridized carbons (Fsp3) is 0.450. The Kier molecular flexibility index (Phi) is 4.86. The summed E-state index contributed by atoms with van der Waals surface area (Å²) in [7, 11) is 0. The molecule has 6 nitrogen and oxygen atoms in total. The predicted octanol–water partition coefficient (Wildman–Crippen LogP) is 2.99. The third kappa shape index (κ3) is 3.43. The van der Waals surface area contributed by atoms with Crippen molar-refractivity contribution in [3.05, 3.63) is 52.0 Å². The molecule has 1 unspecified atom stereocenters. The van der Waals surface area contributed by atoms with Gasteiger partial charge in [0, 0.05) is 31.4 Å². The van der Waals surface area contributed by atoms with E-state index in [1.165, 1.54) is 0 Å². The molecular formula is C20H23N3O3S. The minimum atomic E-state index is -0.505. The molecule has 2 aliphatic rings. The molecule has 0 aliphatic carbocycles. The number of benzene rings is 1. The molecule has 3 heterocycles. The van der Waals surface area contributed by atoms with E-state index in [2.05, 4.69) is 11.9 Å². The van der Waals surface area contributed by atoms with E-state index in [1.807, 2.05) is 40.6 Å². The second kappa shape index (κ2) is 7.31. The number of amides is 2. The number of carbonyl (C=O) groups excluding carboxylic acids is 2. The molecule has 0 spiro atoms. The van der Waals surface area contributed by atoms with Crippen LogP contribution in [0.5, 0.6) is 0 Å². The Balaban J connectivity index is 1.56. The molecule has 1 aromatic carbocycles. The fourth-order valence-electron chi connectivity index (χ4n) is 3.91. The molecule has 2 aromatic rings. The molecule has 7 heteroatoms. The molecule has 0 radical (unpaired) electrons. The number of carbonyl (C=O) groups is 2. The minimum absolute atomic E-state index is 0.0555. The standard InChI is InChI=1S/C20H23N3O3S/c1-2-6-17-21-16(12-27-17)18(24)22-9-10-23-19(25)26-14-20(23,13-22)11-15-7-4-3-5-8-15/h3-5,7-8,12H,2,6,9-11,13-14H2,1H3. The Morgan fingerprint density at radius 2 is 2.11 bits per heavy atom. The van der Waals surface area contributed by atoms with Crippen LogP contribution in [-0.2, 0) is 17.6 Å². The van der Waals surface area contributed by atoms with Gasteiger partial charge in [-0.1, -0.05) is 37.3 Å². The number of fused-ring (bicyclic) bond motifs is 1. The van der Waals surface area contributed by atoms with Gasteiger partial charge in [0.1, 0.15) is 17.8 Å². The molecule has 0 N–H and O–H groups in total. The number of hydrogen-bond donors (Lipinski definition) is 0. The van der Waals surface area contributed by atoms with Crippen molar-refractivity contribution in [2.75, 3.05) is 26.2 Å². The molecule has 142 valence electrons. The Hall–Kier alpha value is -2.41. The first-order valence-electron chi connectivity index (χ1n) is 9.33. The topological polar surface area (TPSA) is 62.7 Å². The number of hydrogen-bond acceptors (Lipinski definition) is 5. The molecule has 0 saturated carbocycles. The van der Waals surface area contributed by atoms with Gasteiger partial charge in [-0.3, -0.25) is 9.69 Å². The van der Waals surface area contributed by atoms with Crippen LogP contribution in [0.2, 0.25) is 0 Å². The second-order valence-electron chi connectivity index (χ2n) is 7.20. The maximum Gasteiger partial charge on any atom is 0.410 e. The van der Waals surface area contributed by atoms with Gasteiger partial charge in [0.05, 0.1) is 5.01 Å². The zero-order valence-electron chi connectivity index (χ0n) is 15.4. The molecule has 2 aliphatic heterocycles. The van der Waals surface area contributed by atoms with Crippen molar-refractivity contribution >= 4 is 23.3 Å². The lowest BCUT2D eigenvalue weighted by molar-refractivity contribution is 0.0371. The Morgan fingerprint density at radius 3 is 2.89 bits per heavy atom. The highest BCUT2D eigenvalue weighted by atomic mass is 32.1. The smallest absolute Gasteiger partial charge is 0.410 e. The average Bonchev–Trinajstić information content (AvgIpc) is 3.27. The lowest BCUT2D eigenvalue weighted by Crippen LogP contribution is -2.63. The molecule has 4 rings (SSSR count). The van der Waals surface area contributed by atoms with Crippen molar-refractivity contribution in [3.8, 4) is 0 Å². The van der Waals surface area contributed by atoms with E-state index in [9.17, 15) is 9.59 Å². The number of ether oxygens (including phenoxy) is 1. The summed E-state index contributed by atoms with van der Waals surface area (Å²) < 4.78 is 5.38. The molecule has 2 saturated heterocycles. The highest BCUT2D eigenvalue weighted by Crippen LogP contribution is 2.33. The number of piperazine rings is 1. The normalized spacial score (nSPS) is 21.9. The van der Waals surface area contributed by atoms with E-state index in [-0.39, 0.29) is 12.0 Å². The summed E-state index contributed by atoms with van der Waals surface area (Å²) in [5.41, 5.74) is 1.14. The zero-order chi connectivity index (χ0) is 18.9. The van der Waals surface area contributed by atoms with E-state index in [0.29, 0.717) is 38.4 Å². The van der Waals surface area contributed by atoms with Crippen molar-refractivity contribution < 1.29 is 14.3 Å². The highest BCUT2D eigenvalue weighted by Gasteiger charge is 2.51. The van der Waals surface area contributed by atoms with Gasteiger partial charge >= 0.3 is 6.09 Å². The first kappa shape index (κ1) is 18.0. The summed E-state index contributed by atoms with van der Waals surface area (Å²) in [5.74, 6) is -0.0555. The van der Waals surface area contributed by atoms with Crippen molar-refractivity contribution in [1.82, 2.24) is 14.8 Å². The van der Waals surface area contributed by atoms with E-state index in [4.69, 9.17) is 4.74 Å². The summed E-state index contributed by atoms with van der Waals surface area (Å²) in [6.45, 7) is 3.87. The number of cyclic esters (lactones) is 1. The first-order valence-corrected chi connectivity index (χ1v) is 10.2. The van der Waals surface area contributed by atoms with Gasteiger partial charge in [-0.25, -0.2) is 9.78 Å². The predicted molar refractivity (Wildman–Crippen MR) is 103 cm³/mol. The number of rotatable bonds is 5. The molecule has 1 atom stereocenters. The fourth-order valence-corrected chi connectivity index (χ4v) is 4.79. The van der Waals surface area contributed by atoms with Crippen LogP contribution < -0.4 is 0 Å². The molecular weight excluding hydrogens is 362 g/mol. The van der Waals surface area contributed by atoms with Crippen molar-refractivity contribution in [2.45, 2.75) is 31.7 Å². The van der Waals surface area contributed by atoms with Gasteiger partial charge in [-0.2, -0.15) is 0 Å². The highest BCUT2D eigenvalue weighted by molar-refractivity contribution is 7.09. The molecule has 0 bridgehead atoms. The van der Waals surface area contributed by atoms with Gasteiger partial charge in [0.25, 0.3) is 5.91 Å². The van der Waals surface area contributed by atoms with Crippen LogP contribution in [-0.4, -0.2) is 58.6 Å². The molecule has 1 aromatic heterocycles. The summed E-state index contributed by atoms with van der Waals surface area (Å²) in [6, 6.07) is 10.1. The second-order valence-corrected chi connectivity index (χ2v) is 8.14. The van der Waals surface area contributed by atoms with Crippen LogP contribution >= 0.6 is 11.3 Å². The third-order valence-corrected chi connectivity index (χ3v) is 6.14. The van der Waals surface area contributed by atoms with E-state index < -0.39 is 5.54 Å². The number of nitrogens with zero attached hydrogens (tertiary/aromatic N) is 3. The first-order chi connectivity index (χ1) is 13.1. The van der Waals surface area contributed by atoms with Gasteiger partial charge in [0.2, 0.25) is 0 Å². The Morgan fingerprint density at radius 1 is 1.30 bits per heavy atom. The van der Waals surface area contributed by atoms with Crippen LogP contribution in [0.3, 0.4) is 0 Å². The van der Waals surface area contributed by atoms with Crippen LogP contribution in [0, 0.1) is 0 Å². The van der Waals surface area contributed by atoms with Crippen LogP contribution in [0.1, 0.15) is 34.4 Å². The zero-order valence-corrected chi connectivity index (χ0v) is 16.2. The summed E-state index contributed by atoms with van der Waals surface area (Å²) in [4.78, 5) is 33.3. The quantitative estimate of drug-likeness (QED) is 0.794. The third-order valence-electron chi connectivity index (χ3n) is 5.23. The Labute approximate surface area is 162 Å². The van der Waals surface area contributed by atoms with E-state index in [1.54, 1.807) is 16.2 Å². The molecule has 2 amide bonds. The molecule has 27 heavy (non-hydrogen) atoms. The van der Waals surface area contributed by atoms with Gasteiger partial charge in [-0.05, 0) is 18.4 Å². The minimum Gasteiger partial charge on any atom is -0.447 e. The maximum absolute atomic E-state index is 13.0. The van der Waals surface area contributed by atoms with E-state index in [0.717, 1.165) is 23.4 Å². The van der Waals surface area contributed by atoms with Gasteiger partial charge in [-0.15, -0.1) is 11.3 Å². The van der Waals surface area contributed by atoms with Crippen LogP contribution in [0.4, 0.5) is 4.79 Å². The van der Waals surface area contributed by atoms with Crippen molar-refractivity contribution in [1.29, 1.82) is 0 Å². The number of aromatic nitrogens is 1. The summed E-state index contributed by atoms with van der Waals surface area (Å²) in [6.07, 6.45) is 2.30. The van der Waals surface area contributed by atoms with Crippen LogP contribution in [0.25, 0.3) is 0 Å². The molecule has 2 fully saturated rings. The van der Waals surface area contributed by atoms with E-state index >= 15 is 0 Å². The summed E-state index contributed by atoms with van der Waals surface area (Å²) in [5, 5.41) is 2.85.